The van der Waals surface area contributed by atoms with Gasteiger partial charge in [0.1, 0.15) is 5.75 Å². The highest BCUT2D eigenvalue weighted by Gasteiger charge is 2.62. The monoisotopic (exact) mass is 447 g/mol. The fourth-order valence-electron chi connectivity index (χ4n) is 4.68. The van der Waals surface area contributed by atoms with Crippen LogP contribution in [0.1, 0.15) is 12.8 Å². The molecule has 3 heterocycles. The Hall–Kier alpha value is -2.42. The average Bonchev–Trinajstić information content (AvgIpc) is 3.41. The van der Waals surface area contributed by atoms with E-state index in [0.717, 1.165) is 17.7 Å². The first-order valence-electron chi connectivity index (χ1n) is 9.54. The van der Waals surface area contributed by atoms with Crippen molar-refractivity contribution in [1.82, 2.24) is 0 Å². The molecule has 7 nitrogen and oxygen atoms in total. The maximum Gasteiger partial charge on any atom is 0.240 e. The molecular weight excluding hydrogens is 430 g/mol. The lowest BCUT2D eigenvalue weighted by molar-refractivity contribution is -0.124. The molecule has 156 valence electrons. The topological polar surface area (TPSA) is 90.0 Å². The highest BCUT2D eigenvalue weighted by molar-refractivity contribution is 7.91. The number of nitrogens with zero attached hydrogens (tertiary/aromatic N) is 1. The van der Waals surface area contributed by atoms with E-state index in [1.54, 1.807) is 0 Å². The maximum absolute atomic E-state index is 13.1. The molecular formula is C21H18ClNO6S. The van der Waals surface area contributed by atoms with E-state index in [9.17, 15) is 18.0 Å². The van der Waals surface area contributed by atoms with Gasteiger partial charge in [0.25, 0.3) is 0 Å². The average molecular weight is 448 g/mol. The number of halogens is 1. The van der Waals surface area contributed by atoms with Crippen LogP contribution in [0.5, 0.6) is 5.75 Å². The van der Waals surface area contributed by atoms with Gasteiger partial charge in [0, 0.05) is 11.1 Å². The summed E-state index contributed by atoms with van der Waals surface area (Å²) in [4.78, 5) is 27.2. The van der Waals surface area contributed by atoms with E-state index in [1.165, 1.54) is 49.6 Å². The third-order valence-electron chi connectivity index (χ3n) is 6.08. The Morgan fingerprint density at radius 2 is 1.57 bits per heavy atom. The van der Waals surface area contributed by atoms with Crippen molar-refractivity contribution in [2.75, 3.05) is 12.0 Å². The number of sulfone groups is 1. The number of carbonyl (C=O) groups is 2. The first-order chi connectivity index (χ1) is 14.3. The van der Waals surface area contributed by atoms with Crippen molar-refractivity contribution >= 4 is 38.9 Å². The fraction of sp³-hybridized carbons (Fsp3) is 0.333. The van der Waals surface area contributed by atoms with Gasteiger partial charge in [0.2, 0.25) is 21.7 Å². The number of benzene rings is 2. The fourth-order valence-corrected chi connectivity index (χ4v) is 6.11. The molecule has 2 bridgehead atoms. The first kappa shape index (κ1) is 19.5. The van der Waals surface area contributed by atoms with Crippen LogP contribution in [-0.4, -0.2) is 39.5 Å². The number of anilines is 1. The van der Waals surface area contributed by atoms with Crippen LogP contribution in [0.3, 0.4) is 0 Å². The standard InChI is InChI=1S/C21H18ClNO6S/c1-28-13-8-12(9-15(10-13)30(26,27)14-4-2-11(22)3-5-14)23-20(24)18-16-6-7-17(29-16)19(18)21(23)25/h2-5,8-10,16-19H,6-7H2,1H3. The number of carbonyl (C=O) groups excluding carboxylic acids is 2. The molecule has 4 atom stereocenters. The van der Waals surface area contributed by atoms with Gasteiger partial charge in [0.05, 0.1) is 46.6 Å². The second kappa shape index (κ2) is 6.80. The predicted molar refractivity (Wildman–Crippen MR) is 107 cm³/mol. The number of imide groups is 1. The SMILES string of the molecule is COc1cc(N2C(=O)C3C4CCC(O4)C3C2=O)cc(S(=O)(=O)c2ccc(Cl)cc2)c1. The van der Waals surface area contributed by atoms with E-state index in [2.05, 4.69) is 0 Å². The number of amides is 2. The second-order valence-corrected chi connectivity index (χ2v) is 10.1. The van der Waals surface area contributed by atoms with Crippen molar-refractivity contribution in [3.05, 3.63) is 47.5 Å². The van der Waals surface area contributed by atoms with E-state index in [4.69, 9.17) is 21.1 Å². The molecule has 4 unspecified atom stereocenters. The molecule has 9 heteroatoms. The zero-order valence-electron chi connectivity index (χ0n) is 15.9. The van der Waals surface area contributed by atoms with Gasteiger partial charge in [-0.1, -0.05) is 11.6 Å². The molecule has 2 aromatic rings. The lowest BCUT2D eigenvalue weighted by Crippen LogP contribution is -2.34. The van der Waals surface area contributed by atoms with E-state index in [0.29, 0.717) is 5.02 Å². The summed E-state index contributed by atoms with van der Waals surface area (Å²) < 4.78 is 37.3. The van der Waals surface area contributed by atoms with Crippen LogP contribution >= 0.6 is 11.6 Å². The molecule has 3 saturated heterocycles. The minimum atomic E-state index is -3.92. The van der Waals surface area contributed by atoms with Gasteiger partial charge < -0.3 is 9.47 Å². The van der Waals surface area contributed by atoms with Gasteiger partial charge in [0.15, 0.2) is 0 Å². The van der Waals surface area contributed by atoms with Gasteiger partial charge in [-0.15, -0.1) is 0 Å². The molecule has 0 radical (unpaired) electrons. The van der Waals surface area contributed by atoms with Crippen LogP contribution in [0.25, 0.3) is 0 Å². The smallest absolute Gasteiger partial charge is 0.240 e. The largest absolute Gasteiger partial charge is 0.497 e. The summed E-state index contributed by atoms with van der Waals surface area (Å²) in [5.41, 5.74) is 0.186. The molecule has 0 saturated carbocycles. The highest BCUT2D eigenvalue weighted by Crippen LogP contribution is 2.49. The maximum atomic E-state index is 13.1. The summed E-state index contributed by atoms with van der Waals surface area (Å²) in [7, 11) is -2.52. The normalized spacial score (nSPS) is 27.6. The van der Waals surface area contributed by atoms with E-state index >= 15 is 0 Å². The van der Waals surface area contributed by atoms with Gasteiger partial charge in [-0.2, -0.15) is 0 Å². The number of methoxy groups -OCH3 is 1. The Balaban J connectivity index is 1.58. The van der Waals surface area contributed by atoms with Crippen molar-refractivity contribution in [1.29, 1.82) is 0 Å². The van der Waals surface area contributed by atoms with Gasteiger partial charge in [-0.25, -0.2) is 13.3 Å². The molecule has 3 aliphatic heterocycles. The Labute approximate surface area is 178 Å². The van der Waals surface area contributed by atoms with Crippen LogP contribution in [-0.2, 0) is 24.2 Å². The number of ether oxygens (including phenoxy) is 2. The molecule has 0 aromatic heterocycles. The summed E-state index contributed by atoms with van der Waals surface area (Å²) in [6.07, 6.45) is 1.02. The van der Waals surface area contributed by atoms with Gasteiger partial charge in [-0.05, 0) is 49.2 Å². The molecule has 2 aromatic carbocycles. The van der Waals surface area contributed by atoms with Crippen molar-refractivity contribution in [3.63, 3.8) is 0 Å². The van der Waals surface area contributed by atoms with Crippen LogP contribution < -0.4 is 9.64 Å². The van der Waals surface area contributed by atoms with Gasteiger partial charge >= 0.3 is 0 Å². The van der Waals surface area contributed by atoms with E-state index in [1.807, 2.05) is 0 Å². The number of rotatable bonds is 4. The molecule has 3 fully saturated rings. The van der Waals surface area contributed by atoms with Crippen molar-refractivity contribution in [2.45, 2.75) is 34.8 Å². The zero-order valence-corrected chi connectivity index (χ0v) is 17.5. The molecule has 2 amide bonds. The number of hydrogen-bond donors (Lipinski definition) is 0. The molecule has 30 heavy (non-hydrogen) atoms. The Morgan fingerprint density at radius 1 is 0.967 bits per heavy atom. The summed E-state index contributed by atoms with van der Waals surface area (Å²) in [5, 5.41) is 0.414. The van der Waals surface area contributed by atoms with Crippen LogP contribution in [0.2, 0.25) is 5.02 Å². The summed E-state index contributed by atoms with van der Waals surface area (Å²) in [6, 6.07) is 9.99. The first-order valence-corrected chi connectivity index (χ1v) is 11.4. The van der Waals surface area contributed by atoms with E-state index in [-0.39, 0.29) is 45.3 Å². The quantitative estimate of drug-likeness (QED) is 0.669. The van der Waals surface area contributed by atoms with Crippen LogP contribution in [0.15, 0.2) is 52.3 Å². The molecule has 0 spiro atoms. The number of fused-ring (bicyclic) bond motifs is 5. The van der Waals surface area contributed by atoms with Crippen molar-refractivity contribution in [3.8, 4) is 5.75 Å². The molecule has 3 aliphatic rings. The van der Waals surface area contributed by atoms with Gasteiger partial charge in [-0.3, -0.25) is 9.59 Å². The minimum Gasteiger partial charge on any atom is -0.497 e. The summed E-state index contributed by atoms with van der Waals surface area (Å²) >= 11 is 5.87. The second-order valence-electron chi connectivity index (χ2n) is 7.68. The lowest BCUT2D eigenvalue weighted by atomic mass is 9.81. The Bertz CT molecular complexity index is 1130. The third-order valence-corrected chi connectivity index (χ3v) is 8.08. The highest BCUT2D eigenvalue weighted by atomic mass is 35.5. The summed E-state index contributed by atoms with van der Waals surface area (Å²) in [5.74, 6) is -1.46. The van der Waals surface area contributed by atoms with E-state index < -0.39 is 21.7 Å². The molecule has 5 rings (SSSR count). The summed E-state index contributed by atoms with van der Waals surface area (Å²) in [6.45, 7) is 0. The molecule has 0 N–H and O–H groups in total. The Kier molecular flexibility index (Phi) is 4.43. The van der Waals surface area contributed by atoms with Crippen LogP contribution in [0, 0.1) is 11.8 Å². The minimum absolute atomic E-state index is 0.0495. The van der Waals surface area contributed by atoms with Crippen LogP contribution in [0.4, 0.5) is 5.69 Å². The zero-order chi connectivity index (χ0) is 21.2. The predicted octanol–water partition coefficient (Wildman–Crippen LogP) is 2.85. The third kappa shape index (κ3) is 2.78. The van der Waals surface area contributed by atoms with Crippen molar-refractivity contribution < 1.29 is 27.5 Å². The molecule has 0 aliphatic carbocycles. The number of hydrogen-bond acceptors (Lipinski definition) is 6. The lowest BCUT2D eigenvalue weighted by Gasteiger charge is -2.19. The van der Waals surface area contributed by atoms with Crippen molar-refractivity contribution in [2.24, 2.45) is 11.8 Å². The Morgan fingerprint density at radius 3 is 2.13 bits per heavy atom.